The minimum atomic E-state index is -5.31. The number of aliphatic hydroxyl groups is 1. The first-order chi connectivity index (χ1) is 28.5. The molecule has 0 spiro atoms. The van der Waals surface area contributed by atoms with Gasteiger partial charge in [0, 0.05) is 23.6 Å². The smallest absolute Gasteiger partial charge is 0.472 e. The van der Waals surface area contributed by atoms with Gasteiger partial charge in [-0.3, -0.25) is 37.0 Å². The number of benzene rings is 1. The lowest BCUT2D eigenvalue weighted by Gasteiger charge is -2.27. The molecule has 0 amide bonds. The molecule has 3 aliphatic heterocycles. The van der Waals surface area contributed by atoms with Gasteiger partial charge in [-0.05, 0) is 54.2 Å². The Labute approximate surface area is 340 Å². The molecule has 21 nitrogen and oxygen atoms in total. The number of hydrogen-bond acceptors (Lipinski definition) is 18. The number of aromatic amines is 1. The Morgan fingerprint density at radius 3 is 2.48 bits per heavy atom. The molecule has 5 N–H and O–H groups in total. The van der Waals surface area contributed by atoms with E-state index in [0.29, 0.717) is 21.5 Å². The summed E-state index contributed by atoms with van der Waals surface area (Å²) in [6, 6.07) is 6.85. The minimum Gasteiger partial charge on any atom is -0.508 e. The van der Waals surface area contributed by atoms with E-state index in [-0.39, 0.29) is 39.8 Å². The highest BCUT2D eigenvalue weighted by Crippen LogP contribution is 2.65. The van der Waals surface area contributed by atoms with Gasteiger partial charge in [0.05, 0.1) is 19.5 Å². The number of aliphatic hydroxyl groups excluding tert-OH is 1. The number of ether oxygens (including phenoxy) is 3. The predicted molar refractivity (Wildman–Crippen MR) is 206 cm³/mol. The third-order valence-electron chi connectivity index (χ3n) is 9.18. The van der Waals surface area contributed by atoms with Crippen LogP contribution in [0.1, 0.15) is 24.9 Å². The number of rotatable bonds is 9. The molecule has 7 rings (SSSR count). The summed E-state index contributed by atoms with van der Waals surface area (Å²) in [7, 11) is -5.31. The van der Waals surface area contributed by atoms with Gasteiger partial charge in [-0.1, -0.05) is 18.7 Å². The number of hydrogen-bond donors (Lipinski definition) is 4. The number of esters is 1. The Balaban J connectivity index is 1.17. The van der Waals surface area contributed by atoms with E-state index in [1.54, 1.807) is 0 Å². The Kier molecular flexibility index (Phi) is 12.7. The number of nitrogens with zero attached hydrogens (tertiary/aromatic N) is 5. The first kappa shape index (κ1) is 43.2. The molecule has 0 aliphatic carbocycles. The van der Waals surface area contributed by atoms with Crippen LogP contribution in [0, 0.1) is 0 Å². The highest BCUT2D eigenvalue weighted by Gasteiger charge is 2.55. The zero-order valence-electron chi connectivity index (χ0n) is 31.0. The number of aromatic nitrogens is 6. The van der Waals surface area contributed by atoms with Crippen LogP contribution < -0.4 is 21.7 Å². The van der Waals surface area contributed by atoms with Crippen molar-refractivity contribution in [2.24, 2.45) is 0 Å². The van der Waals surface area contributed by atoms with Crippen molar-refractivity contribution in [2.75, 3.05) is 18.9 Å². The molecule has 60 heavy (non-hydrogen) atoms. The van der Waals surface area contributed by atoms with Crippen LogP contribution in [0.15, 0.2) is 94.9 Å². The summed E-state index contributed by atoms with van der Waals surface area (Å²) >= 11 is 0.556. The van der Waals surface area contributed by atoms with Crippen LogP contribution in [0.2, 0.25) is 0 Å². The van der Waals surface area contributed by atoms with Gasteiger partial charge in [-0.15, -0.1) is 0 Å². The maximum atomic E-state index is 16.7. The van der Waals surface area contributed by atoms with Crippen LogP contribution in [-0.2, 0) is 47.2 Å². The summed E-state index contributed by atoms with van der Waals surface area (Å²) in [5.41, 5.74) is 4.82. The quantitative estimate of drug-likeness (QED) is 0.0463. The van der Waals surface area contributed by atoms with Crippen molar-refractivity contribution in [2.45, 2.75) is 61.9 Å². The summed E-state index contributed by atoms with van der Waals surface area (Å²) in [6.45, 7) is -1.63. The second-order valence-electron chi connectivity index (χ2n) is 13.2. The molecule has 0 radical (unpaired) electrons. The van der Waals surface area contributed by atoms with E-state index in [2.05, 4.69) is 21.5 Å². The van der Waals surface area contributed by atoms with Crippen molar-refractivity contribution in [3.8, 4) is 5.75 Å². The fourth-order valence-corrected chi connectivity index (χ4v) is 10.4. The van der Waals surface area contributed by atoms with Gasteiger partial charge in [-0.25, -0.2) is 42.5 Å². The Morgan fingerprint density at radius 1 is 1.02 bits per heavy atom. The molecule has 3 saturated heterocycles. The molecule has 10 atom stereocenters. The third-order valence-corrected chi connectivity index (χ3v) is 13.8. The molecule has 4 aromatic rings. The zero-order valence-corrected chi connectivity index (χ0v) is 33.6. The van der Waals surface area contributed by atoms with Crippen molar-refractivity contribution in [1.29, 1.82) is 0 Å². The Bertz CT molecular complexity index is 2560. The number of phosphoric acid groups is 1. The molecular formula is C34H35F2N7O14P2S. The van der Waals surface area contributed by atoms with Crippen LogP contribution in [0.5, 0.6) is 5.75 Å². The molecular weight excluding hydrogens is 862 g/mol. The number of nitrogen functional groups attached to an aromatic ring is 1. The highest BCUT2D eigenvalue weighted by atomic mass is 32.7. The summed E-state index contributed by atoms with van der Waals surface area (Å²) in [5, 5.41) is 9.54. The van der Waals surface area contributed by atoms with Crippen LogP contribution in [-0.4, -0.2) is 95.0 Å². The number of carbonyl (C=O) groups is 1. The van der Waals surface area contributed by atoms with E-state index in [0.717, 1.165) is 29.5 Å². The van der Waals surface area contributed by atoms with E-state index >= 15 is 8.78 Å². The van der Waals surface area contributed by atoms with Gasteiger partial charge in [0.25, 0.3) is 5.56 Å². The largest absolute Gasteiger partial charge is 0.508 e. The number of alkyl halides is 2. The number of nitrogens with two attached hydrogens (primary N) is 1. The number of H-pyrrole nitrogens is 1. The SMILES string of the molecule is C=C/C(O)=C\C=C(/C)C(=O)Oc1ccc(CS[P@@]2(=O)OC[C@H]3OC(n4ccc(=O)[nH]c4=O)[C@H](OP(=O)(O)OC[C@H]4OC(n5cnc6c(N)ncnc65)[C@H](F)[C@@H]4O2)[C@@H]3F)cc1. The lowest BCUT2D eigenvalue weighted by Crippen LogP contribution is -2.37. The lowest BCUT2D eigenvalue weighted by atomic mass is 10.1. The number of carbonyl (C=O) groups excluding carboxylic acids is 1. The zero-order chi connectivity index (χ0) is 42.9. The molecule has 320 valence electrons. The number of halogens is 2. The molecule has 3 aliphatic rings. The molecule has 3 fully saturated rings. The highest BCUT2D eigenvalue weighted by molar-refractivity contribution is 8.54. The number of anilines is 1. The average molecular weight is 898 g/mol. The standard InChI is InChI=1S/C34H35F2N7O14P2S/c1-3-19(44)7-4-17(2)33(46)53-20-8-5-18(6-9-20)14-60-59(50)52-12-21-24(35)28(32(54-21)42-11-10-23(45)41-34(42)47)56-58(48,49)51-13-22-27(57-59)25(36)31(55-22)43-16-40-26-29(37)38-15-39-30(26)43/h3-11,15-16,21-22,24-25,27-28,31-32,44H,1,12-14H2,2H3,(H,48,49)(H2,37,38,39)(H,41,45,47)/b17-4+,19-7+/t21-,22-,24-,25-,27-,28-,31?,32?,59+/m1/s1. The fourth-order valence-electron chi connectivity index (χ4n) is 6.13. The van der Waals surface area contributed by atoms with E-state index < -0.39 is 94.3 Å². The normalized spacial score (nSPS) is 31.5. The summed E-state index contributed by atoms with van der Waals surface area (Å²) in [4.78, 5) is 61.8. The van der Waals surface area contributed by atoms with Gasteiger partial charge < -0.3 is 29.9 Å². The molecule has 0 saturated carbocycles. The fraction of sp³-hybridized carbons (Fsp3) is 0.353. The van der Waals surface area contributed by atoms with Gasteiger partial charge in [0.2, 0.25) is 0 Å². The summed E-state index contributed by atoms with van der Waals surface area (Å²) in [5.74, 6) is -0.908. The first-order valence-electron chi connectivity index (χ1n) is 17.6. The second-order valence-corrected chi connectivity index (χ2v) is 18.7. The van der Waals surface area contributed by atoms with E-state index in [1.165, 1.54) is 49.4 Å². The number of imidazole rings is 1. The number of phosphoric ester groups is 1. The summed E-state index contributed by atoms with van der Waals surface area (Å²) in [6.07, 6.45) is -8.19. The van der Waals surface area contributed by atoms with Crippen molar-refractivity contribution in [3.63, 3.8) is 0 Å². The second kappa shape index (κ2) is 17.6. The monoisotopic (exact) mass is 897 g/mol. The van der Waals surface area contributed by atoms with Crippen molar-refractivity contribution >= 4 is 49.0 Å². The van der Waals surface area contributed by atoms with Crippen LogP contribution in [0.3, 0.4) is 0 Å². The number of fused-ring (bicyclic) bond motifs is 4. The van der Waals surface area contributed by atoms with Crippen LogP contribution in [0.25, 0.3) is 11.2 Å². The molecule has 26 heteroatoms. The van der Waals surface area contributed by atoms with Crippen molar-refractivity contribution < 1.29 is 65.0 Å². The molecule has 3 unspecified atom stereocenters. The van der Waals surface area contributed by atoms with E-state index in [1.807, 2.05) is 4.98 Å². The minimum absolute atomic E-state index is 0.0246. The van der Waals surface area contributed by atoms with Gasteiger partial charge in [0.15, 0.2) is 36.3 Å². The van der Waals surface area contributed by atoms with E-state index in [4.69, 9.17) is 38.0 Å². The number of allylic oxidation sites excluding steroid dienone is 3. The average Bonchev–Trinajstić information content (AvgIpc) is 3.87. The topological polar surface area (TPSA) is 281 Å². The maximum Gasteiger partial charge on any atom is 0.472 e. The predicted octanol–water partition coefficient (Wildman–Crippen LogP) is 3.87. The molecule has 2 bridgehead atoms. The Morgan fingerprint density at radius 2 is 1.75 bits per heavy atom. The van der Waals surface area contributed by atoms with Crippen molar-refractivity contribution in [3.05, 3.63) is 112 Å². The van der Waals surface area contributed by atoms with E-state index in [9.17, 15) is 33.5 Å². The van der Waals surface area contributed by atoms with Crippen LogP contribution in [0.4, 0.5) is 14.6 Å². The maximum absolute atomic E-state index is 16.7. The lowest BCUT2D eigenvalue weighted by molar-refractivity contribution is -0.130. The first-order valence-corrected chi connectivity index (χ1v) is 22.3. The van der Waals surface area contributed by atoms with Gasteiger partial charge >= 0.3 is 26.3 Å². The number of nitrogens with one attached hydrogen (secondary N) is 1. The Hall–Kier alpha value is -4.87. The van der Waals surface area contributed by atoms with Crippen LogP contribution >= 0.6 is 26.0 Å². The van der Waals surface area contributed by atoms with Crippen molar-refractivity contribution in [1.82, 2.24) is 29.1 Å². The third kappa shape index (κ3) is 9.37. The van der Waals surface area contributed by atoms with Gasteiger partial charge in [-0.2, -0.15) is 0 Å². The summed E-state index contributed by atoms with van der Waals surface area (Å²) < 4.78 is 102. The molecule has 1 aromatic carbocycles. The van der Waals surface area contributed by atoms with Gasteiger partial charge in [0.1, 0.15) is 47.8 Å². The molecule has 6 heterocycles. The molecule has 3 aromatic heterocycles.